The zero-order valence-corrected chi connectivity index (χ0v) is 12.5. The first-order valence-corrected chi connectivity index (χ1v) is 7.28. The van der Waals surface area contributed by atoms with E-state index in [4.69, 9.17) is 0 Å². The number of aryl methyl sites for hydroxylation is 1. The van der Waals surface area contributed by atoms with Gasteiger partial charge in [-0.05, 0) is 51.8 Å². The van der Waals surface area contributed by atoms with E-state index in [2.05, 4.69) is 36.2 Å². The Morgan fingerprint density at radius 3 is 2.70 bits per heavy atom. The molecule has 0 amide bonds. The third-order valence-corrected chi connectivity index (χ3v) is 4.58. The van der Waals surface area contributed by atoms with Crippen molar-refractivity contribution >= 4 is 11.7 Å². The second-order valence-electron chi connectivity index (χ2n) is 5.61. The summed E-state index contributed by atoms with van der Waals surface area (Å²) < 4.78 is 0. The molecular weight excluding hydrogens is 252 g/mol. The number of benzene rings is 1. The van der Waals surface area contributed by atoms with Crippen molar-refractivity contribution in [2.45, 2.75) is 44.7 Å². The molecule has 2 atom stereocenters. The maximum absolute atomic E-state index is 11.5. The minimum absolute atomic E-state index is 0.282. The number of carboxylic acid groups (broad SMARTS) is 1. The predicted octanol–water partition coefficient (Wildman–Crippen LogP) is 2.42. The molecule has 0 radical (unpaired) electrons. The predicted molar refractivity (Wildman–Crippen MR) is 81.3 cm³/mol. The molecule has 1 aromatic carbocycles. The lowest BCUT2D eigenvalue weighted by atomic mass is 9.97. The van der Waals surface area contributed by atoms with E-state index in [0.29, 0.717) is 12.8 Å². The Morgan fingerprint density at radius 2 is 2.20 bits per heavy atom. The zero-order chi connectivity index (χ0) is 14.8. The van der Waals surface area contributed by atoms with Gasteiger partial charge in [-0.2, -0.15) is 0 Å². The van der Waals surface area contributed by atoms with Gasteiger partial charge in [0.05, 0.1) is 0 Å². The molecule has 0 heterocycles. The highest BCUT2D eigenvalue weighted by Gasteiger charge is 2.45. The largest absolute Gasteiger partial charge is 0.480 e. The molecule has 0 bridgehead atoms. The third-order valence-electron chi connectivity index (χ3n) is 4.58. The molecule has 1 fully saturated rings. The standard InChI is InChI=1S/C16H24N2O2/c1-4-18(14-8-6-5-7-12(14)2)13-9-10-16(11-13,17-3)15(19)20/h5-8,13,17H,4,9-11H2,1-3H3,(H,19,20). The number of hydrogen-bond donors (Lipinski definition) is 2. The monoisotopic (exact) mass is 276 g/mol. The molecule has 2 unspecified atom stereocenters. The second-order valence-corrected chi connectivity index (χ2v) is 5.61. The minimum atomic E-state index is -0.763. The van der Waals surface area contributed by atoms with E-state index in [1.807, 2.05) is 12.1 Å². The van der Waals surface area contributed by atoms with Gasteiger partial charge in [0.25, 0.3) is 0 Å². The maximum Gasteiger partial charge on any atom is 0.323 e. The molecule has 4 nitrogen and oxygen atoms in total. The first-order valence-electron chi connectivity index (χ1n) is 7.28. The Balaban J connectivity index is 2.23. The Hall–Kier alpha value is -1.55. The van der Waals surface area contributed by atoms with Crippen molar-refractivity contribution in [1.29, 1.82) is 0 Å². The van der Waals surface area contributed by atoms with Crippen molar-refractivity contribution in [2.75, 3.05) is 18.5 Å². The summed E-state index contributed by atoms with van der Waals surface area (Å²) in [6, 6.07) is 8.59. The van der Waals surface area contributed by atoms with Gasteiger partial charge in [-0.3, -0.25) is 4.79 Å². The molecule has 1 aliphatic rings. The smallest absolute Gasteiger partial charge is 0.323 e. The van der Waals surface area contributed by atoms with Crippen molar-refractivity contribution in [3.8, 4) is 0 Å². The third kappa shape index (κ3) is 2.52. The fraction of sp³-hybridized carbons (Fsp3) is 0.562. The fourth-order valence-electron chi connectivity index (χ4n) is 3.32. The normalized spacial score (nSPS) is 25.6. The second kappa shape index (κ2) is 5.83. The van der Waals surface area contributed by atoms with Gasteiger partial charge >= 0.3 is 5.97 Å². The van der Waals surface area contributed by atoms with Crippen molar-refractivity contribution in [2.24, 2.45) is 0 Å². The van der Waals surface area contributed by atoms with Gasteiger partial charge in [0, 0.05) is 18.3 Å². The van der Waals surface area contributed by atoms with Gasteiger partial charge in [-0.1, -0.05) is 18.2 Å². The molecule has 2 rings (SSSR count). The van der Waals surface area contributed by atoms with Crippen molar-refractivity contribution in [3.05, 3.63) is 29.8 Å². The Bertz CT molecular complexity index is 489. The number of nitrogens with one attached hydrogen (secondary N) is 1. The van der Waals surface area contributed by atoms with Gasteiger partial charge in [0.15, 0.2) is 0 Å². The van der Waals surface area contributed by atoms with Gasteiger partial charge in [0.1, 0.15) is 5.54 Å². The van der Waals surface area contributed by atoms with Crippen LogP contribution in [0.25, 0.3) is 0 Å². The topological polar surface area (TPSA) is 52.6 Å². The fourth-order valence-corrected chi connectivity index (χ4v) is 3.32. The van der Waals surface area contributed by atoms with Crippen LogP contribution in [0.3, 0.4) is 0 Å². The molecule has 1 aliphatic carbocycles. The number of anilines is 1. The van der Waals surface area contributed by atoms with Crippen LogP contribution >= 0.6 is 0 Å². The number of aliphatic carboxylic acids is 1. The van der Waals surface area contributed by atoms with E-state index >= 15 is 0 Å². The van der Waals surface area contributed by atoms with Crippen molar-refractivity contribution in [3.63, 3.8) is 0 Å². The highest BCUT2D eigenvalue weighted by molar-refractivity contribution is 5.79. The number of likely N-dealkylation sites (N-methyl/N-ethyl adjacent to an activating group) is 1. The molecular formula is C16H24N2O2. The van der Waals surface area contributed by atoms with E-state index in [9.17, 15) is 9.90 Å². The number of carboxylic acids is 1. The number of rotatable bonds is 5. The summed E-state index contributed by atoms with van der Waals surface area (Å²) in [6.07, 6.45) is 2.25. The van der Waals surface area contributed by atoms with Gasteiger partial charge in [-0.25, -0.2) is 0 Å². The molecule has 20 heavy (non-hydrogen) atoms. The Morgan fingerprint density at radius 1 is 1.50 bits per heavy atom. The summed E-state index contributed by atoms with van der Waals surface area (Å²) >= 11 is 0. The number of hydrogen-bond acceptors (Lipinski definition) is 3. The van der Waals surface area contributed by atoms with E-state index in [-0.39, 0.29) is 6.04 Å². The SMILES string of the molecule is CCN(c1ccccc1C)C1CCC(NC)(C(=O)O)C1. The molecule has 4 heteroatoms. The molecule has 110 valence electrons. The van der Waals surface area contributed by atoms with Crippen LogP contribution in [-0.4, -0.2) is 36.2 Å². The van der Waals surface area contributed by atoms with Gasteiger partial charge < -0.3 is 15.3 Å². The zero-order valence-electron chi connectivity index (χ0n) is 12.5. The van der Waals surface area contributed by atoms with Crippen LogP contribution in [0.5, 0.6) is 0 Å². The Kier molecular flexibility index (Phi) is 4.33. The summed E-state index contributed by atoms with van der Waals surface area (Å²) in [5, 5.41) is 12.5. The van der Waals surface area contributed by atoms with Gasteiger partial charge in [0.2, 0.25) is 0 Å². The van der Waals surface area contributed by atoms with Crippen LogP contribution in [-0.2, 0) is 4.79 Å². The quantitative estimate of drug-likeness (QED) is 0.867. The van der Waals surface area contributed by atoms with E-state index in [1.54, 1.807) is 7.05 Å². The lowest BCUT2D eigenvalue weighted by molar-refractivity contribution is -0.144. The average Bonchev–Trinajstić information content (AvgIpc) is 2.87. The van der Waals surface area contributed by atoms with Crippen molar-refractivity contribution < 1.29 is 9.90 Å². The van der Waals surface area contributed by atoms with Gasteiger partial charge in [-0.15, -0.1) is 0 Å². The summed E-state index contributed by atoms with van der Waals surface area (Å²) in [5.41, 5.74) is 1.70. The van der Waals surface area contributed by atoms with E-state index < -0.39 is 11.5 Å². The molecule has 1 aromatic rings. The molecule has 0 aliphatic heterocycles. The summed E-state index contributed by atoms with van der Waals surface area (Å²) in [7, 11) is 1.75. The average molecular weight is 276 g/mol. The van der Waals surface area contributed by atoms with Crippen LogP contribution in [0, 0.1) is 6.92 Å². The van der Waals surface area contributed by atoms with E-state index in [0.717, 1.165) is 13.0 Å². The molecule has 0 saturated heterocycles. The highest BCUT2D eigenvalue weighted by Crippen LogP contribution is 2.36. The number of para-hydroxylation sites is 1. The molecule has 1 saturated carbocycles. The minimum Gasteiger partial charge on any atom is -0.480 e. The van der Waals surface area contributed by atoms with Crippen LogP contribution in [0.1, 0.15) is 31.7 Å². The van der Waals surface area contributed by atoms with Crippen LogP contribution in [0.4, 0.5) is 5.69 Å². The summed E-state index contributed by atoms with van der Waals surface area (Å²) in [5.74, 6) is -0.733. The van der Waals surface area contributed by atoms with E-state index in [1.165, 1.54) is 11.3 Å². The number of nitrogens with zero attached hydrogens (tertiary/aromatic N) is 1. The molecule has 0 spiro atoms. The first-order chi connectivity index (χ1) is 9.54. The maximum atomic E-state index is 11.5. The summed E-state index contributed by atoms with van der Waals surface area (Å²) in [4.78, 5) is 13.9. The Labute approximate surface area is 120 Å². The van der Waals surface area contributed by atoms with Crippen LogP contribution < -0.4 is 10.2 Å². The lowest BCUT2D eigenvalue weighted by Gasteiger charge is -2.32. The molecule has 0 aromatic heterocycles. The number of carbonyl (C=O) groups is 1. The van der Waals surface area contributed by atoms with Crippen molar-refractivity contribution in [1.82, 2.24) is 5.32 Å². The molecule has 2 N–H and O–H groups in total. The van der Waals surface area contributed by atoms with Crippen LogP contribution in [0.2, 0.25) is 0 Å². The highest BCUT2D eigenvalue weighted by atomic mass is 16.4. The lowest BCUT2D eigenvalue weighted by Crippen LogP contribution is -2.49. The first kappa shape index (κ1) is 14.9. The summed E-state index contributed by atoms with van der Waals surface area (Å²) in [6.45, 7) is 5.14. The van der Waals surface area contributed by atoms with Crippen LogP contribution in [0.15, 0.2) is 24.3 Å².